The largest absolute Gasteiger partial charge is 0.373 e. The summed E-state index contributed by atoms with van der Waals surface area (Å²) in [5.41, 5.74) is 5.92. The lowest BCUT2D eigenvalue weighted by Crippen LogP contribution is -2.49. The van der Waals surface area contributed by atoms with Gasteiger partial charge in [0.05, 0.1) is 24.5 Å². The van der Waals surface area contributed by atoms with E-state index in [0.29, 0.717) is 25.1 Å². The van der Waals surface area contributed by atoms with Crippen LogP contribution in [0, 0.1) is 0 Å². The van der Waals surface area contributed by atoms with Crippen molar-refractivity contribution in [1.29, 1.82) is 0 Å². The average molecular weight is 361 g/mol. The highest BCUT2D eigenvalue weighted by molar-refractivity contribution is 7.89. The lowest BCUT2D eigenvalue weighted by atomic mass is 10.1. The van der Waals surface area contributed by atoms with E-state index in [1.165, 1.54) is 30.0 Å². The summed E-state index contributed by atoms with van der Waals surface area (Å²) in [5.74, 6) is 0.347. The van der Waals surface area contributed by atoms with Gasteiger partial charge >= 0.3 is 0 Å². The third-order valence-electron chi connectivity index (χ3n) is 4.62. The molecule has 0 amide bonds. The van der Waals surface area contributed by atoms with Gasteiger partial charge in [0.25, 0.3) is 0 Å². The fraction of sp³-hybridized carbons (Fsp3) is 0.938. The predicted octanol–water partition coefficient (Wildman–Crippen LogP) is 1.05. The molecule has 7 nitrogen and oxygen atoms in total. The molecule has 1 saturated carbocycles. The number of sulfonamides is 1. The second-order valence-electron chi connectivity index (χ2n) is 6.99. The number of rotatable bonds is 5. The van der Waals surface area contributed by atoms with E-state index < -0.39 is 10.0 Å². The lowest BCUT2D eigenvalue weighted by molar-refractivity contribution is -0.0440. The van der Waals surface area contributed by atoms with E-state index in [-0.39, 0.29) is 24.5 Å². The van der Waals surface area contributed by atoms with Gasteiger partial charge < -0.3 is 15.8 Å². The summed E-state index contributed by atoms with van der Waals surface area (Å²) in [7, 11) is -3.32. The molecule has 2 unspecified atom stereocenters. The molecule has 0 aromatic rings. The van der Waals surface area contributed by atoms with Crippen LogP contribution in [-0.4, -0.2) is 62.3 Å². The van der Waals surface area contributed by atoms with Crippen molar-refractivity contribution in [3.05, 3.63) is 0 Å². The van der Waals surface area contributed by atoms with Crippen molar-refractivity contribution in [2.24, 2.45) is 10.7 Å². The molecular weight excluding hydrogens is 328 g/mol. The number of nitrogens with one attached hydrogen (secondary N) is 1. The number of aliphatic imine (C=N–C) groups is 1. The smallest absolute Gasteiger partial charge is 0.216 e. The molecule has 0 aromatic carbocycles. The van der Waals surface area contributed by atoms with Gasteiger partial charge in [0.15, 0.2) is 5.96 Å². The molecule has 8 heteroatoms. The Morgan fingerprint density at radius 2 is 1.75 bits per heavy atom. The van der Waals surface area contributed by atoms with Gasteiger partial charge in [0, 0.05) is 19.1 Å². The van der Waals surface area contributed by atoms with Gasteiger partial charge in [0.1, 0.15) is 0 Å². The Morgan fingerprint density at radius 3 is 2.33 bits per heavy atom. The van der Waals surface area contributed by atoms with Crippen LogP contribution in [0.4, 0.5) is 0 Å². The monoisotopic (exact) mass is 360 g/mol. The molecule has 24 heavy (non-hydrogen) atoms. The molecule has 1 saturated heterocycles. The van der Waals surface area contributed by atoms with Crippen LogP contribution < -0.4 is 11.1 Å². The maximum atomic E-state index is 12.4. The number of hydrogen-bond donors (Lipinski definition) is 2. The van der Waals surface area contributed by atoms with E-state index in [0.717, 1.165) is 12.8 Å². The van der Waals surface area contributed by atoms with Gasteiger partial charge in [-0.2, -0.15) is 4.31 Å². The van der Waals surface area contributed by atoms with Crippen LogP contribution in [0.15, 0.2) is 4.99 Å². The zero-order valence-electron chi connectivity index (χ0n) is 14.9. The molecule has 2 atom stereocenters. The van der Waals surface area contributed by atoms with Gasteiger partial charge in [-0.3, -0.25) is 4.99 Å². The van der Waals surface area contributed by atoms with Crippen molar-refractivity contribution in [2.45, 2.75) is 70.6 Å². The Bertz CT molecular complexity index is 505. The topological polar surface area (TPSA) is 97.0 Å². The third kappa shape index (κ3) is 6.22. The molecule has 2 rings (SSSR count). The summed E-state index contributed by atoms with van der Waals surface area (Å²) >= 11 is 0. The summed E-state index contributed by atoms with van der Waals surface area (Å²) in [6.45, 7) is 4.79. The van der Waals surface area contributed by atoms with Crippen LogP contribution in [0.5, 0.6) is 0 Å². The molecule has 1 aliphatic carbocycles. The minimum Gasteiger partial charge on any atom is -0.373 e. The summed E-state index contributed by atoms with van der Waals surface area (Å²) in [6.07, 6.45) is 7.06. The van der Waals surface area contributed by atoms with E-state index in [9.17, 15) is 8.42 Å². The summed E-state index contributed by atoms with van der Waals surface area (Å²) in [4.78, 5) is 4.21. The third-order valence-corrected chi connectivity index (χ3v) is 6.40. The molecular formula is C16H32N4O3S. The van der Waals surface area contributed by atoms with E-state index in [4.69, 9.17) is 10.5 Å². The summed E-state index contributed by atoms with van der Waals surface area (Å²) in [6, 6.07) is 0.369. The van der Waals surface area contributed by atoms with Crippen molar-refractivity contribution in [3.63, 3.8) is 0 Å². The van der Waals surface area contributed by atoms with Gasteiger partial charge in [-0.15, -0.1) is 0 Å². The first-order valence-electron chi connectivity index (χ1n) is 9.06. The molecule has 140 valence electrons. The minimum atomic E-state index is -3.32. The maximum Gasteiger partial charge on any atom is 0.216 e. The Balaban J connectivity index is 1.80. The molecule has 1 heterocycles. The van der Waals surface area contributed by atoms with Gasteiger partial charge in [-0.25, -0.2) is 8.42 Å². The van der Waals surface area contributed by atoms with Crippen molar-refractivity contribution in [2.75, 3.05) is 25.4 Å². The van der Waals surface area contributed by atoms with Crippen LogP contribution in [0.25, 0.3) is 0 Å². The highest BCUT2D eigenvalue weighted by Crippen LogP contribution is 2.17. The highest BCUT2D eigenvalue weighted by Gasteiger charge is 2.30. The van der Waals surface area contributed by atoms with Gasteiger partial charge in [0.2, 0.25) is 10.0 Å². The molecule has 0 bridgehead atoms. The van der Waals surface area contributed by atoms with Crippen molar-refractivity contribution in [1.82, 2.24) is 9.62 Å². The zero-order valence-corrected chi connectivity index (χ0v) is 15.7. The number of nitrogens with zero attached hydrogens (tertiary/aromatic N) is 2. The van der Waals surface area contributed by atoms with Gasteiger partial charge in [-0.1, -0.05) is 25.7 Å². The normalized spacial score (nSPS) is 28.5. The molecule has 0 aromatic heterocycles. The Morgan fingerprint density at radius 1 is 1.17 bits per heavy atom. The van der Waals surface area contributed by atoms with E-state index in [2.05, 4.69) is 10.3 Å². The Kier molecular flexibility index (Phi) is 7.31. The highest BCUT2D eigenvalue weighted by atomic mass is 32.2. The summed E-state index contributed by atoms with van der Waals surface area (Å²) in [5, 5.41) is 3.24. The molecule has 3 N–H and O–H groups in total. The first-order valence-corrected chi connectivity index (χ1v) is 10.7. The first kappa shape index (κ1) is 19.5. The molecule has 0 radical (unpaired) electrons. The fourth-order valence-corrected chi connectivity index (χ4v) is 4.90. The van der Waals surface area contributed by atoms with Crippen LogP contribution >= 0.6 is 0 Å². The number of nitrogens with two attached hydrogens (primary N) is 1. The average Bonchev–Trinajstić information content (AvgIpc) is 2.74. The SMILES string of the molecule is CC1CN(S(=O)(=O)CCN=C(N)NC2CCCCCC2)CC(C)O1. The molecule has 2 aliphatic rings. The van der Waals surface area contributed by atoms with Gasteiger partial charge in [-0.05, 0) is 26.7 Å². The van der Waals surface area contributed by atoms with Crippen molar-refractivity contribution < 1.29 is 13.2 Å². The standard InChI is InChI=1S/C16H32N4O3S/c1-13-11-20(12-14(2)23-13)24(21,22)10-9-18-16(17)19-15-7-5-3-4-6-8-15/h13-15H,3-12H2,1-2H3,(H3,17,18,19). The lowest BCUT2D eigenvalue weighted by Gasteiger charge is -2.34. The number of morpholine rings is 1. The second-order valence-corrected chi connectivity index (χ2v) is 9.08. The van der Waals surface area contributed by atoms with E-state index in [1.54, 1.807) is 0 Å². The summed E-state index contributed by atoms with van der Waals surface area (Å²) < 4.78 is 32.0. The second kappa shape index (κ2) is 9.01. The number of ether oxygens (including phenoxy) is 1. The Hall–Kier alpha value is -0.860. The van der Waals surface area contributed by atoms with Crippen LogP contribution in [0.1, 0.15) is 52.4 Å². The maximum absolute atomic E-state index is 12.4. The van der Waals surface area contributed by atoms with Crippen molar-refractivity contribution in [3.8, 4) is 0 Å². The van der Waals surface area contributed by atoms with E-state index >= 15 is 0 Å². The minimum absolute atomic E-state index is 0.0144. The molecule has 0 spiro atoms. The fourth-order valence-electron chi connectivity index (χ4n) is 3.45. The first-order chi connectivity index (χ1) is 11.4. The molecule has 2 fully saturated rings. The molecule has 1 aliphatic heterocycles. The number of hydrogen-bond acceptors (Lipinski definition) is 4. The van der Waals surface area contributed by atoms with Crippen LogP contribution in [0.2, 0.25) is 0 Å². The zero-order chi connectivity index (χ0) is 17.6. The van der Waals surface area contributed by atoms with E-state index in [1.807, 2.05) is 13.8 Å². The Labute approximate surface area is 146 Å². The van der Waals surface area contributed by atoms with Crippen molar-refractivity contribution >= 4 is 16.0 Å². The predicted molar refractivity (Wildman–Crippen MR) is 96.5 cm³/mol. The number of guanidine groups is 1. The van der Waals surface area contributed by atoms with Crippen LogP contribution in [-0.2, 0) is 14.8 Å². The quantitative estimate of drug-likeness (QED) is 0.434. The van der Waals surface area contributed by atoms with Crippen LogP contribution in [0.3, 0.4) is 0 Å².